The van der Waals surface area contributed by atoms with Crippen LogP contribution in [0.25, 0.3) is 0 Å². The van der Waals surface area contributed by atoms with Crippen LogP contribution in [0.15, 0.2) is 72.8 Å². The molecule has 0 bridgehead atoms. The number of carboxylic acid groups (broad SMARTS) is 2. The van der Waals surface area contributed by atoms with E-state index in [4.69, 9.17) is 35.3 Å². The monoisotopic (exact) mass is 616 g/mol. The van der Waals surface area contributed by atoms with Crippen LogP contribution in [0.1, 0.15) is 57.8 Å². The van der Waals surface area contributed by atoms with E-state index in [1.54, 1.807) is 30.3 Å². The van der Waals surface area contributed by atoms with Crippen molar-refractivity contribution in [3.8, 4) is 34.5 Å². The van der Waals surface area contributed by atoms with Gasteiger partial charge < -0.3 is 33.9 Å². The van der Waals surface area contributed by atoms with Crippen LogP contribution in [0.3, 0.4) is 0 Å². The molecule has 4 aromatic rings. The lowest BCUT2D eigenvalue weighted by molar-refractivity contribution is -0.142. The molecule has 0 spiro atoms. The minimum absolute atomic E-state index is 0.0533. The average Bonchev–Trinajstić information content (AvgIpc) is 3.62. The number of para-hydroxylation sites is 1. The van der Waals surface area contributed by atoms with Crippen molar-refractivity contribution in [1.82, 2.24) is 0 Å². The summed E-state index contributed by atoms with van der Waals surface area (Å²) >= 11 is 6.66. The maximum atomic E-state index is 13.3. The Labute approximate surface area is 258 Å². The highest BCUT2D eigenvalue weighted by atomic mass is 35.5. The highest BCUT2D eigenvalue weighted by Gasteiger charge is 2.48. The van der Waals surface area contributed by atoms with Crippen molar-refractivity contribution < 1.29 is 43.5 Å². The molecular formula is C34H29ClO9. The Kier molecular flexibility index (Phi) is 7.97. The molecule has 0 aromatic heterocycles. The number of aliphatic carboxylic acids is 1. The van der Waals surface area contributed by atoms with E-state index in [1.807, 2.05) is 37.3 Å². The number of aromatic carboxylic acids is 1. The third-order valence-electron chi connectivity index (χ3n) is 7.92. The summed E-state index contributed by atoms with van der Waals surface area (Å²) in [5, 5.41) is 20.9. The van der Waals surface area contributed by atoms with Crippen LogP contribution in [-0.2, 0) is 4.79 Å². The molecule has 226 valence electrons. The largest absolute Gasteiger partial charge is 0.495 e. The van der Waals surface area contributed by atoms with Crippen LogP contribution < -0.4 is 23.7 Å². The predicted octanol–water partition coefficient (Wildman–Crippen LogP) is 7.33. The van der Waals surface area contributed by atoms with Gasteiger partial charge in [-0.15, -0.1) is 0 Å². The molecule has 2 N–H and O–H groups in total. The Hall–Kier alpha value is -4.89. The standard InChI is InChI=1S/C34H29ClO9/c1-3-12-41-19-9-10-20-22(14-19)31(32(34(38)39)30(20)18-8-11-26-29(13-18)43-17-42-26)23-15-24(35)28(40-2)16-27(23)44-25-7-5-4-6-21(25)33(36)37/h4-11,13-16,30-32H,3,12,17H2,1-2H3,(H,36,37)(H,38,39). The fraction of sp³-hybridized carbons (Fsp3) is 0.235. The summed E-state index contributed by atoms with van der Waals surface area (Å²) < 4.78 is 28.8. The van der Waals surface area contributed by atoms with Crippen LogP contribution in [-0.4, -0.2) is 42.7 Å². The van der Waals surface area contributed by atoms with Crippen LogP contribution in [0.5, 0.6) is 34.5 Å². The molecule has 4 aromatic carbocycles. The number of benzene rings is 4. The molecule has 9 nitrogen and oxygen atoms in total. The smallest absolute Gasteiger partial charge is 0.339 e. The fourth-order valence-corrected chi connectivity index (χ4v) is 6.27. The first-order chi connectivity index (χ1) is 21.3. The Bertz CT molecular complexity index is 1750. The third-order valence-corrected chi connectivity index (χ3v) is 8.21. The van der Waals surface area contributed by atoms with E-state index in [9.17, 15) is 19.8 Å². The van der Waals surface area contributed by atoms with Gasteiger partial charge >= 0.3 is 11.9 Å². The number of fused-ring (bicyclic) bond motifs is 2. The van der Waals surface area contributed by atoms with Crippen molar-refractivity contribution in [2.24, 2.45) is 5.92 Å². The van der Waals surface area contributed by atoms with E-state index in [1.165, 1.54) is 19.2 Å². The molecule has 1 aliphatic carbocycles. The summed E-state index contributed by atoms with van der Waals surface area (Å²) in [5.41, 5.74) is 2.68. The van der Waals surface area contributed by atoms with Gasteiger partial charge in [0, 0.05) is 23.5 Å². The molecule has 3 unspecified atom stereocenters. The van der Waals surface area contributed by atoms with Gasteiger partial charge in [-0.3, -0.25) is 4.79 Å². The maximum Gasteiger partial charge on any atom is 0.339 e. The van der Waals surface area contributed by atoms with Crippen LogP contribution in [0.4, 0.5) is 0 Å². The van der Waals surface area contributed by atoms with Crippen molar-refractivity contribution >= 4 is 23.5 Å². The van der Waals surface area contributed by atoms with E-state index in [0.29, 0.717) is 29.4 Å². The first-order valence-electron chi connectivity index (χ1n) is 14.1. The second-order valence-electron chi connectivity index (χ2n) is 10.5. The van der Waals surface area contributed by atoms with Crippen molar-refractivity contribution in [2.75, 3.05) is 20.5 Å². The highest BCUT2D eigenvalue weighted by molar-refractivity contribution is 6.32. The van der Waals surface area contributed by atoms with E-state index in [2.05, 4.69) is 0 Å². The number of halogens is 1. The minimum atomic E-state index is -1.17. The van der Waals surface area contributed by atoms with Gasteiger partial charge in [-0.25, -0.2) is 4.79 Å². The lowest BCUT2D eigenvalue weighted by Gasteiger charge is -2.25. The molecule has 2 aliphatic rings. The first kappa shape index (κ1) is 29.2. The van der Waals surface area contributed by atoms with Gasteiger partial charge in [-0.1, -0.05) is 42.8 Å². The number of hydrogen-bond acceptors (Lipinski definition) is 7. The van der Waals surface area contributed by atoms with E-state index in [-0.39, 0.29) is 34.6 Å². The molecule has 3 atom stereocenters. The quantitative estimate of drug-likeness (QED) is 0.188. The SMILES string of the molecule is CCCOc1ccc2c(c1)C(c1cc(Cl)c(OC)cc1Oc1ccccc1C(=O)O)C(C(=O)O)C2c1ccc2c(c1)OCO2. The molecule has 10 heteroatoms. The fourth-order valence-electron chi connectivity index (χ4n) is 6.02. The van der Waals surface area contributed by atoms with E-state index >= 15 is 0 Å². The van der Waals surface area contributed by atoms with Gasteiger partial charge in [-0.2, -0.15) is 0 Å². The maximum absolute atomic E-state index is 13.3. The molecule has 0 saturated carbocycles. The first-order valence-corrected chi connectivity index (χ1v) is 14.4. The zero-order valence-corrected chi connectivity index (χ0v) is 24.7. The van der Waals surface area contributed by atoms with Crippen molar-refractivity contribution in [3.63, 3.8) is 0 Å². The molecule has 1 heterocycles. The number of carbonyl (C=O) groups is 2. The molecule has 1 aliphatic heterocycles. The lowest BCUT2D eigenvalue weighted by Crippen LogP contribution is -2.24. The Morgan fingerprint density at radius 1 is 0.864 bits per heavy atom. The summed E-state index contributed by atoms with van der Waals surface area (Å²) in [6, 6.07) is 20.5. The summed E-state index contributed by atoms with van der Waals surface area (Å²) in [7, 11) is 1.45. The van der Waals surface area contributed by atoms with Gasteiger partial charge in [0.25, 0.3) is 0 Å². The Morgan fingerprint density at radius 2 is 1.66 bits per heavy atom. The molecule has 44 heavy (non-hydrogen) atoms. The molecule has 0 fully saturated rings. The number of ether oxygens (including phenoxy) is 5. The van der Waals surface area contributed by atoms with Gasteiger partial charge in [0.05, 0.1) is 24.7 Å². The normalized spacial score (nSPS) is 18.0. The van der Waals surface area contributed by atoms with Gasteiger partial charge in [-0.05, 0) is 65.6 Å². The van der Waals surface area contributed by atoms with Crippen LogP contribution in [0, 0.1) is 5.92 Å². The Morgan fingerprint density at radius 3 is 2.41 bits per heavy atom. The van der Waals surface area contributed by atoms with Crippen LogP contribution in [0.2, 0.25) is 5.02 Å². The average molecular weight is 617 g/mol. The predicted molar refractivity (Wildman–Crippen MR) is 161 cm³/mol. The molecule has 0 radical (unpaired) electrons. The topological polar surface area (TPSA) is 121 Å². The third kappa shape index (κ3) is 5.24. The molecule has 6 rings (SSSR count). The zero-order valence-electron chi connectivity index (χ0n) is 23.9. The number of carboxylic acids is 2. The van der Waals surface area contributed by atoms with Gasteiger partial charge in [0.15, 0.2) is 11.5 Å². The highest BCUT2D eigenvalue weighted by Crippen LogP contribution is 2.57. The van der Waals surface area contributed by atoms with Gasteiger partial charge in [0.2, 0.25) is 6.79 Å². The molecule has 0 saturated heterocycles. The van der Waals surface area contributed by atoms with Crippen molar-refractivity contribution in [1.29, 1.82) is 0 Å². The zero-order chi connectivity index (χ0) is 31.0. The van der Waals surface area contributed by atoms with Gasteiger partial charge in [0.1, 0.15) is 28.6 Å². The molecular weight excluding hydrogens is 588 g/mol. The van der Waals surface area contributed by atoms with Crippen LogP contribution >= 0.6 is 11.6 Å². The van der Waals surface area contributed by atoms with Crippen molar-refractivity contribution in [3.05, 3.63) is 106 Å². The number of methoxy groups -OCH3 is 1. The second kappa shape index (κ2) is 12.0. The second-order valence-corrected chi connectivity index (χ2v) is 10.9. The summed E-state index contributed by atoms with van der Waals surface area (Å²) in [5.74, 6) is -2.23. The lowest BCUT2D eigenvalue weighted by atomic mass is 9.79. The summed E-state index contributed by atoms with van der Waals surface area (Å²) in [6.45, 7) is 2.59. The summed E-state index contributed by atoms with van der Waals surface area (Å²) in [4.78, 5) is 25.3. The van der Waals surface area contributed by atoms with Crippen molar-refractivity contribution in [2.45, 2.75) is 25.2 Å². The van der Waals surface area contributed by atoms with E-state index < -0.39 is 29.7 Å². The summed E-state index contributed by atoms with van der Waals surface area (Å²) in [6.07, 6.45) is 0.799. The Balaban J connectivity index is 1.57. The van der Waals surface area contributed by atoms with E-state index in [0.717, 1.165) is 23.1 Å². The minimum Gasteiger partial charge on any atom is -0.495 e. The molecule has 0 amide bonds. The number of hydrogen-bond donors (Lipinski definition) is 2. The number of rotatable bonds is 10.